The molecule has 0 N–H and O–H groups in total. The number of aryl methyl sites for hydroxylation is 1. The fourth-order valence-corrected chi connectivity index (χ4v) is 3.59. The van der Waals surface area contributed by atoms with Crippen molar-refractivity contribution in [2.75, 3.05) is 26.2 Å². The normalized spacial score (nSPS) is 26.4. The van der Waals surface area contributed by atoms with Crippen LogP contribution in [0.4, 0.5) is 13.2 Å². The average molecular weight is 345 g/mol. The molecule has 7 heteroatoms. The fourth-order valence-electron chi connectivity index (χ4n) is 3.59. The van der Waals surface area contributed by atoms with Crippen LogP contribution in [0.3, 0.4) is 0 Å². The van der Waals surface area contributed by atoms with Gasteiger partial charge in [0.15, 0.2) is 5.69 Å². The second-order valence-electron chi connectivity index (χ2n) is 7.38. The number of halogens is 3. The summed E-state index contributed by atoms with van der Waals surface area (Å²) < 4.78 is 44.8. The minimum absolute atomic E-state index is 0.194. The molecular formula is C17H26F3N3O. The van der Waals surface area contributed by atoms with Gasteiger partial charge in [0.05, 0.1) is 6.61 Å². The van der Waals surface area contributed by atoms with E-state index < -0.39 is 11.9 Å². The maximum Gasteiger partial charge on any atom is 0.435 e. The summed E-state index contributed by atoms with van der Waals surface area (Å²) in [5, 5.41) is 3.48. The molecule has 4 nitrogen and oxygen atoms in total. The molecule has 24 heavy (non-hydrogen) atoms. The van der Waals surface area contributed by atoms with Crippen LogP contribution in [0.1, 0.15) is 38.3 Å². The molecule has 2 fully saturated rings. The standard InChI is InChI=1S/C17H26F3N3O/c1-12-5-7-23(8-6-12)10-13-3-4-14(13)11-24-16-9-15(17(18,19)20)21-22(16)2/h9,12-14H,3-8,10-11H2,1-2H3/t13?,14-/m0/s1. The van der Waals surface area contributed by atoms with E-state index in [0.29, 0.717) is 18.4 Å². The van der Waals surface area contributed by atoms with Crippen LogP contribution in [-0.2, 0) is 13.2 Å². The van der Waals surface area contributed by atoms with E-state index in [9.17, 15) is 13.2 Å². The number of alkyl halides is 3. The number of nitrogens with zero attached hydrogens (tertiary/aromatic N) is 3. The van der Waals surface area contributed by atoms with Crippen molar-refractivity contribution in [3.8, 4) is 5.88 Å². The van der Waals surface area contributed by atoms with Gasteiger partial charge in [0.2, 0.25) is 5.88 Å². The van der Waals surface area contributed by atoms with Crippen LogP contribution in [0.15, 0.2) is 6.07 Å². The Morgan fingerprint density at radius 2 is 1.83 bits per heavy atom. The summed E-state index contributed by atoms with van der Waals surface area (Å²) in [6.45, 7) is 6.22. The van der Waals surface area contributed by atoms with Gasteiger partial charge in [-0.05, 0) is 56.5 Å². The van der Waals surface area contributed by atoms with E-state index in [0.717, 1.165) is 24.9 Å². The molecule has 136 valence electrons. The highest BCUT2D eigenvalue weighted by Crippen LogP contribution is 2.36. The molecule has 2 aliphatic rings. The molecule has 1 saturated carbocycles. The smallest absolute Gasteiger partial charge is 0.435 e. The summed E-state index contributed by atoms with van der Waals surface area (Å²) in [6, 6.07) is 0.986. The van der Waals surface area contributed by atoms with E-state index in [1.54, 1.807) is 0 Å². The Hall–Kier alpha value is -1.24. The van der Waals surface area contributed by atoms with Crippen LogP contribution in [0.5, 0.6) is 5.88 Å². The Balaban J connectivity index is 1.48. The van der Waals surface area contributed by atoms with Crippen molar-refractivity contribution in [3.63, 3.8) is 0 Å². The third-order valence-corrected chi connectivity index (χ3v) is 5.52. The lowest BCUT2D eigenvalue weighted by Crippen LogP contribution is -2.43. The number of aromatic nitrogens is 2. The predicted octanol–water partition coefficient (Wildman–Crippen LogP) is 3.58. The van der Waals surface area contributed by atoms with Crippen molar-refractivity contribution in [2.45, 2.75) is 38.8 Å². The molecule has 1 saturated heterocycles. The molecular weight excluding hydrogens is 319 g/mol. The molecule has 2 atom stereocenters. The van der Waals surface area contributed by atoms with Crippen molar-refractivity contribution >= 4 is 0 Å². The number of piperidine rings is 1. The number of likely N-dealkylation sites (tertiary alicyclic amines) is 1. The van der Waals surface area contributed by atoms with E-state index >= 15 is 0 Å². The first-order valence-corrected chi connectivity index (χ1v) is 8.79. The molecule has 0 amide bonds. The zero-order valence-electron chi connectivity index (χ0n) is 14.4. The molecule has 1 aliphatic heterocycles. The second-order valence-corrected chi connectivity index (χ2v) is 7.38. The van der Waals surface area contributed by atoms with Crippen molar-refractivity contribution < 1.29 is 17.9 Å². The fraction of sp³-hybridized carbons (Fsp3) is 0.824. The Labute approximate surface area is 141 Å². The maximum atomic E-state index is 12.7. The molecule has 2 heterocycles. The largest absolute Gasteiger partial charge is 0.478 e. The van der Waals surface area contributed by atoms with Gasteiger partial charge in [0, 0.05) is 19.7 Å². The summed E-state index contributed by atoms with van der Waals surface area (Å²) in [5.74, 6) is 2.07. The van der Waals surface area contributed by atoms with E-state index in [2.05, 4.69) is 16.9 Å². The third kappa shape index (κ3) is 4.05. The van der Waals surface area contributed by atoms with E-state index in [1.807, 2.05) is 0 Å². The molecule has 0 bridgehead atoms. The zero-order chi connectivity index (χ0) is 17.3. The summed E-state index contributed by atoms with van der Waals surface area (Å²) in [7, 11) is 1.48. The molecule has 1 aromatic rings. The van der Waals surface area contributed by atoms with Gasteiger partial charge in [-0.2, -0.15) is 18.3 Å². The lowest BCUT2D eigenvalue weighted by atomic mass is 9.73. The molecule has 0 spiro atoms. The van der Waals surface area contributed by atoms with Crippen LogP contribution in [0, 0.1) is 17.8 Å². The third-order valence-electron chi connectivity index (χ3n) is 5.52. The number of hydrogen-bond donors (Lipinski definition) is 0. The second kappa shape index (κ2) is 6.94. The zero-order valence-corrected chi connectivity index (χ0v) is 14.4. The van der Waals surface area contributed by atoms with E-state index in [-0.39, 0.29) is 5.88 Å². The van der Waals surface area contributed by atoms with Gasteiger partial charge < -0.3 is 9.64 Å². The SMILES string of the molecule is CC1CCN(CC2CC[C@H]2COc2cc(C(F)(F)F)nn2C)CC1. The quantitative estimate of drug-likeness (QED) is 0.817. The minimum atomic E-state index is -4.43. The van der Waals surface area contributed by atoms with Gasteiger partial charge in [-0.3, -0.25) is 0 Å². The highest BCUT2D eigenvalue weighted by atomic mass is 19.4. The first-order valence-electron chi connectivity index (χ1n) is 8.79. The van der Waals surface area contributed by atoms with Gasteiger partial charge >= 0.3 is 6.18 Å². The van der Waals surface area contributed by atoms with Gasteiger partial charge in [-0.15, -0.1) is 0 Å². The summed E-state index contributed by atoms with van der Waals surface area (Å²) >= 11 is 0. The van der Waals surface area contributed by atoms with Gasteiger partial charge in [-0.1, -0.05) is 6.92 Å². The molecule has 1 aliphatic carbocycles. The summed E-state index contributed by atoms with van der Waals surface area (Å²) in [4.78, 5) is 2.53. The van der Waals surface area contributed by atoms with Crippen molar-refractivity contribution in [2.24, 2.45) is 24.8 Å². The van der Waals surface area contributed by atoms with Crippen molar-refractivity contribution in [1.82, 2.24) is 14.7 Å². The van der Waals surface area contributed by atoms with Gasteiger partial charge in [0.25, 0.3) is 0 Å². The molecule has 3 rings (SSSR count). The monoisotopic (exact) mass is 345 g/mol. The molecule has 0 aromatic carbocycles. The average Bonchev–Trinajstić information content (AvgIpc) is 2.87. The lowest BCUT2D eigenvalue weighted by Gasteiger charge is -2.41. The van der Waals surface area contributed by atoms with E-state index in [1.165, 1.54) is 44.1 Å². The highest BCUT2D eigenvalue weighted by molar-refractivity contribution is 5.18. The topological polar surface area (TPSA) is 30.3 Å². The Bertz CT molecular complexity index is 550. The van der Waals surface area contributed by atoms with Crippen LogP contribution in [0.2, 0.25) is 0 Å². The molecule has 1 aromatic heterocycles. The summed E-state index contributed by atoms with van der Waals surface area (Å²) in [6.07, 6.45) is 0.397. The van der Waals surface area contributed by atoms with E-state index in [4.69, 9.17) is 4.74 Å². The summed E-state index contributed by atoms with van der Waals surface area (Å²) in [5.41, 5.74) is -0.896. The van der Waals surface area contributed by atoms with Crippen molar-refractivity contribution in [3.05, 3.63) is 11.8 Å². The van der Waals surface area contributed by atoms with Crippen molar-refractivity contribution in [1.29, 1.82) is 0 Å². The number of rotatable bonds is 5. The minimum Gasteiger partial charge on any atom is -0.478 e. The maximum absolute atomic E-state index is 12.7. The Morgan fingerprint density at radius 1 is 1.17 bits per heavy atom. The highest BCUT2D eigenvalue weighted by Gasteiger charge is 2.36. The van der Waals surface area contributed by atoms with Crippen LogP contribution < -0.4 is 4.74 Å². The van der Waals surface area contributed by atoms with Crippen LogP contribution >= 0.6 is 0 Å². The Morgan fingerprint density at radius 3 is 2.38 bits per heavy atom. The van der Waals surface area contributed by atoms with Crippen LogP contribution in [-0.4, -0.2) is 40.9 Å². The van der Waals surface area contributed by atoms with Gasteiger partial charge in [-0.25, -0.2) is 4.68 Å². The van der Waals surface area contributed by atoms with Gasteiger partial charge in [0.1, 0.15) is 0 Å². The molecule has 1 unspecified atom stereocenters. The molecule has 0 radical (unpaired) electrons. The number of ether oxygens (including phenoxy) is 1. The van der Waals surface area contributed by atoms with Crippen LogP contribution in [0.25, 0.3) is 0 Å². The first kappa shape index (κ1) is 17.6. The lowest BCUT2D eigenvalue weighted by molar-refractivity contribution is -0.141. The predicted molar refractivity (Wildman–Crippen MR) is 84.8 cm³/mol. The number of hydrogen-bond acceptors (Lipinski definition) is 3. The first-order chi connectivity index (χ1) is 11.3. The Kier molecular flexibility index (Phi) is 5.08.